The van der Waals surface area contributed by atoms with Crippen LogP contribution in [0, 0.1) is 46.6 Å². The van der Waals surface area contributed by atoms with E-state index in [1.165, 1.54) is 0 Å². The van der Waals surface area contributed by atoms with E-state index in [0.717, 1.165) is 44.2 Å². The second-order valence-corrected chi connectivity index (χ2v) is 9.12. The summed E-state index contributed by atoms with van der Waals surface area (Å²) >= 11 is 0. The maximum atomic E-state index is 14.9. The summed E-state index contributed by atoms with van der Waals surface area (Å²) in [5.41, 5.74) is -3.04. The Labute approximate surface area is 206 Å². The molecule has 1 nitrogen and oxygen atoms in total. The molecular weight excluding hydrogens is 511 g/mol. The molecule has 0 N–H and O–H groups in total. The summed E-state index contributed by atoms with van der Waals surface area (Å²) in [4.78, 5) is 0. The molecule has 3 aromatic rings. The molecule has 0 amide bonds. The fraction of sp³-hybridized carbons (Fsp3) is 0.333. The maximum Gasteiger partial charge on any atom is 0.432 e. The molecule has 1 fully saturated rings. The highest BCUT2D eigenvalue weighted by Crippen LogP contribution is 2.41. The van der Waals surface area contributed by atoms with Crippen molar-refractivity contribution >= 4 is 0 Å². The number of hydrogen-bond acceptors (Lipinski definition) is 1. The van der Waals surface area contributed by atoms with Crippen molar-refractivity contribution in [3.63, 3.8) is 0 Å². The quantitative estimate of drug-likeness (QED) is 0.227. The summed E-state index contributed by atoms with van der Waals surface area (Å²) in [6, 6.07) is 2.89. The first-order chi connectivity index (χ1) is 17.4. The standard InChI is InChI=1S/C27H21F9O/c1-2-13-3-5-14(6-4-13)15-7-18(28)24(19(29)8-15)16-9-20(30)25(21(31)10-16)27(35,36)37-17-11-22(32)26(34)23(33)12-17/h7-14H,2-6H2,1H3. The predicted octanol–water partition coefficient (Wildman–Crippen LogP) is 9.14. The van der Waals surface area contributed by atoms with E-state index in [2.05, 4.69) is 11.7 Å². The van der Waals surface area contributed by atoms with Crippen molar-refractivity contribution in [2.45, 2.75) is 51.1 Å². The van der Waals surface area contributed by atoms with Gasteiger partial charge in [-0.05, 0) is 72.9 Å². The molecule has 0 aromatic heterocycles. The van der Waals surface area contributed by atoms with Gasteiger partial charge in [-0.25, -0.2) is 30.7 Å². The Kier molecular flexibility index (Phi) is 7.48. The van der Waals surface area contributed by atoms with Gasteiger partial charge >= 0.3 is 6.11 Å². The van der Waals surface area contributed by atoms with Crippen LogP contribution in [0.15, 0.2) is 36.4 Å². The molecule has 37 heavy (non-hydrogen) atoms. The molecule has 4 rings (SSSR count). The molecule has 0 bridgehead atoms. The Hall–Kier alpha value is -3.17. The minimum absolute atomic E-state index is 0.0670. The third kappa shape index (κ3) is 5.43. The van der Waals surface area contributed by atoms with E-state index in [-0.39, 0.29) is 18.1 Å². The summed E-state index contributed by atoms with van der Waals surface area (Å²) < 4.78 is 132. The zero-order valence-corrected chi connectivity index (χ0v) is 19.5. The smallest absolute Gasteiger partial charge is 0.429 e. The molecule has 0 unspecified atom stereocenters. The van der Waals surface area contributed by atoms with E-state index in [0.29, 0.717) is 23.6 Å². The molecule has 3 aromatic carbocycles. The fourth-order valence-corrected chi connectivity index (χ4v) is 4.79. The van der Waals surface area contributed by atoms with Crippen molar-refractivity contribution < 1.29 is 44.3 Å². The van der Waals surface area contributed by atoms with Gasteiger partial charge in [0.05, 0.1) is 5.56 Å². The van der Waals surface area contributed by atoms with Crippen LogP contribution in [0.1, 0.15) is 56.1 Å². The second-order valence-electron chi connectivity index (χ2n) is 9.12. The van der Waals surface area contributed by atoms with Crippen molar-refractivity contribution in [2.24, 2.45) is 5.92 Å². The van der Waals surface area contributed by atoms with E-state index < -0.39 is 69.3 Å². The van der Waals surface area contributed by atoms with Gasteiger partial charge in [0.25, 0.3) is 0 Å². The number of benzene rings is 3. The van der Waals surface area contributed by atoms with Crippen LogP contribution in [-0.4, -0.2) is 0 Å². The van der Waals surface area contributed by atoms with Crippen LogP contribution in [-0.2, 0) is 6.11 Å². The van der Waals surface area contributed by atoms with E-state index in [1.54, 1.807) is 0 Å². The maximum absolute atomic E-state index is 14.9. The Bertz CT molecular complexity index is 1240. The summed E-state index contributed by atoms with van der Waals surface area (Å²) in [6.07, 6.45) is -0.489. The molecule has 0 radical (unpaired) electrons. The molecule has 1 aliphatic carbocycles. The third-order valence-electron chi connectivity index (χ3n) is 6.79. The molecule has 0 heterocycles. The van der Waals surface area contributed by atoms with Crippen LogP contribution in [0.2, 0.25) is 0 Å². The Morgan fingerprint density at radius 1 is 0.703 bits per heavy atom. The monoisotopic (exact) mass is 532 g/mol. The highest BCUT2D eigenvalue weighted by Gasteiger charge is 2.42. The van der Waals surface area contributed by atoms with Gasteiger partial charge in [0, 0.05) is 12.1 Å². The van der Waals surface area contributed by atoms with Gasteiger partial charge in [-0.3, -0.25) is 0 Å². The number of rotatable bonds is 6. The topological polar surface area (TPSA) is 9.23 Å². The van der Waals surface area contributed by atoms with Crippen molar-refractivity contribution in [1.82, 2.24) is 0 Å². The zero-order chi connectivity index (χ0) is 27.1. The lowest BCUT2D eigenvalue weighted by Gasteiger charge is -2.28. The van der Waals surface area contributed by atoms with Crippen molar-refractivity contribution in [1.29, 1.82) is 0 Å². The van der Waals surface area contributed by atoms with Crippen LogP contribution >= 0.6 is 0 Å². The molecule has 0 spiro atoms. The number of ether oxygens (including phenoxy) is 1. The molecule has 0 atom stereocenters. The van der Waals surface area contributed by atoms with Gasteiger partial charge < -0.3 is 4.74 Å². The number of hydrogen-bond donors (Lipinski definition) is 0. The summed E-state index contributed by atoms with van der Waals surface area (Å²) in [5.74, 6) is -12.5. The number of alkyl halides is 2. The van der Waals surface area contributed by atoms with Crippen molar-refractivity contribution in [3.05, 3.63) is 88.2 Å². The van der Waals surface area contributed by atoms with E-state index in [9.17, 15) is 39.5 Å². The Balaban J connectivity index is 1.64. The van der Waals surface area contributed by atoms with Gasteiger partial charge in [-0.1, -0.05) is 13.3 Å². The highest BCUT2D eigenvalue weighted by molar-refractivity contribution is 5.66. The third-order valence-corrected chi connectivity index (χ3v) is 6.79. The molecule has 198 valence electrons. The normalized spacial score (nSPS) is 18.2. The van der Waals surface area contributed by atoms with Gasteiger partial charge in [-0.15, -0.1) is 0 Å². The van der Waals surface area contributed by atoms with Crippen LogP contribution in [0.25, 0.3) is 11.1 Å². The largest absolute Gasteiger partial charge is 0.432 e. The molecule has 0 aliphatic heterocycles. The van der Waals surface area contributed by atoms with Gasteiger partial charge in [0.2, 0.25) is 0 Å². The first-order valence-electron chi connectivity index (χ1n) is 11.6. The molecule has 1 aliphatic rings. The molecule has 10 heteroatoms. The SMILES string of the molecule is CCC1CCC(c2cc(F)c(-c3cc(F)c(C(F)(F)Oc4cc(F)c(F)c(F)c4)c(F)c3)c(F)c2)CC1. The summed E-state index contributed by atoms with van der Waals surface area (Å²) in [7, 11) is 0. The lowest BCUT2D eigenvalue weighted by molar-refractivity contribution is -0.189. The Morgan fingerprint density at radius 2 is 1.22 bits per heavy atom. The average Bonchev–Trinajstić information content (AvgIpc) is 2.81. The molecule has 0 saturated heterocycles. The van der Waals surface area contributed by atoms with Crippen LogP contribution in [0.4, 0.5) is 39.5 Å². The van der Waals surface area contributed by atoms with Crippen LogP contribution in [0.3, 0.4) is 0 Å². The predicted molar refractivity (Wildman–Crippen MR) is 118 cm³/mol. The van der Waals surface area contributed by atoms with Gasteiger partial charge in [0.15, 0.2) is 17.5 Å². The number of halogens is 9. The van der Waals surface area contributed by atoms with Crippen molar-refractivity contribution in [3.8, 4) is 16.9 Å². The first-order valence-corrected chi connectivity index (χ1v) is 11.6. The average molecular weight is 532 g/mol. The van der Waals surface area contributed by atoms with E-state index >= 15 is 0 Å². The molecular formula is C27H21F9O. The minimum atomic E-state index is -4.82. The van der Waals surface area contributed by atoms with E-state index in [1.807, 2.05) is 0 Å². The fourth-order valence-electron chi connectivity index (χ4n) is 4.79. The first kappa shape index (κ1) is 26.9. The van der Waals surface area contributed by atoms with Gasteiger partial charge in [0.1, 0.15) is 34.6 Å². The Morgan fingerprint density at radius 3 is 1.70 bits per heavy atom. The van der Waals surface area contributed by atoms with Crippen LogP contribution in [0.5, 0.6) is 5.75 Å². The summed E-state index contributed by atoms with van der Waals surface area (Å²) in [6.45, 7) is 2.08. The molecule has 1 saturated carbocycles. The highest BCUT2D eigenvalue weighted by atomic mass is 19.3. The second kappa shape index (κ2) is 10.3. The van der Waals surface area contributed by atoms with E-state index in [4.69, 9.17) is 0 Å². The van der Waals surface area contributed by atoms with Crippen molar-refractivity contribution in [2.75, 3.05) is 0 Å². The lowest BCUT2D eigenvalue weighted by atomic mass is 9.77. The van der Waals surface area contributed by atoms with Crippen LogP contribution < -0.4 is 4.74 Å². The summed E-state index contributed by atoms with van der Waals surface area (Å²) in [5, 5.41) is 0. The lowest BCUT2D eigenvalue weighted by Crippen LogP contribution is -2.25. The minimum Gasteiger partial charge on any atom is -0.429 e. The van der Waals surface area contributed by atoms with Gasteiger partial charge in [-0.2, -0.15) is 8.78 Å². The zero-order valence-electron chi connectivity index (χ0n) is 19.5.